The Bertz CT molecular complexity index is 898. The van der Waals surface area contributed by atoms with Gasteiger partial charge in [-0.3, -0.25) is 0 Å². The van der Waals surface area contributed by atoms with E-state index >= 15 is 4.39 Å². The first-order valence-electron chi connectivity index (χ1n) is 11.7. The van der Waals surface area contributed by atoms with Gasteiger partial charge in [-0.05, 0) is 111 Å². The van der Waals surface area contributed by atoms with Crippen LogP contribution in [0.15, 0.2) is 48.6 Å². The van der Waals surface area contributed by atoms with E-state index in [1.807, 2.05) is 25.1 Å². The van der Waals surface area contributed by atoms with Gasteiger partial charge in [0.25, 0.3) is 0 Å². The van der Waals surface area contributed by atoms with E-state index < -0.39 is 0 Å². The molecule has 0 saturated heterocycles. The molecule has 2 saturated carbocycles. The Morgan fingerprint density at radius 3 is 2.47 bits per heavy atom. The van der Waals surface area contributed by atoms with Crippen molar-refractivity contribution >= 4 is 0 Å². The van der Waals surface area contributed by atoms with E-state index in [0.717, 1.165) is 41.7 Å². The Morgan fingerprint density at radius 1 is 0.900 bits per heavy atom. The molecule has 0 aliphatic heterocycles. The van der Waals surface area contributed by atoms with Gasteiger partial charge in [0.2, 0.25) is 0 Å². The van der Waals surface area contributed by atoms with Crippen molar-refractivity contribution in [3.8, 4) is 11.1 Å². The van der Waals surface area contributed by atoms with Crippen molar-refractivity contribution in [1.82, 2.24) is 0 Å². The minimum absolute atomic E-state index is 0.170. The molecule has 0 bridgehead atoms. The molecule has 2 aromatic carbocycles. The van der Waals surface area contributed by atoms with Gasteiger partial charge >= 0.3 is 0 Å². The first kappa shape index (κ1) is 21.3. The molecule has 2 fully saturated rings. The third-order valence-corrected chi connectivity index (χ3v) is 7.57. The number of rotatable bonds is 5. The molecule has 0 aromatic heterocycles. The summed E-state index contributed by atoms with van der Waals surface area (Å²) in [7, 11) is 0. The summed E-state index contributed by atoms with van der Waals surface area (Å²) in [6.07, 6.45) is 14.4. The zero-order chi connectivity index (χ0) is 21.1. The summed E-state index contributed by atoms with van der Waals surface area (Å²) in [6, 6.07) is 10.5. The summed E-state index contributed by atoms with van der Waals surface area (Å²) in [6.45, 7) is 3.96. The summed E-state index contributed by atoms with van der Waals surface area (Å²) < 4.78 is 29.4. The Morgan fingerprint density at radius 2 is 1.70 bits per heavy atom. The summed E-state index contributed by atoms with van der Waals surface area (Å²) in [4.78, 5) is 0. The van der Waals surface area contributed by atoms with E-state index in [0.29, 0.717) is 17.0 Å². The van der Waals surface area contributed by atoms with E-state index in [9.17, 15) is 4.39 Å². The van der Waals surface area contributed by atoms with E-state index in [-0.39, 0.29) is 11.6 Å². The van der Waals surface area contributed by atoms with Gasteiger partial charge < -0.3 is 0 Å². The number of hydrogen-bond donors (Lipinski definition) is 0. The number of allylic oxidation sites excluding steroid dienone is 2. The van der Waals surface area contributed by atoms with Crippen molar-refractivity contribution in [2.75, 3.05) is 0 Å². The lowest BCUT2D eigenvalue weighted by atomic mass is 9.63. The van der Waals surface area contributed by atoms with Gasteiger partial charge in [0.05, 0.1) is 0 Å². The number of hydrogen-bond acceptors (Lipinski definition) is 0. The molecule has 0 heterocycles. The Hall–Kier alpha value is -1.96. The third kappa shape index (κ3) is 4.68. The number of halogens is 2. The molecule has 0 amide bonds. The third-order valence-electron chi connectivity index (χ3n) is 7.57. The van der Waals surface area contributed by atoms with Crippen LogP contribution in [-0.2, 0) is 0 Å². The second-order valence-electron chi connectivity index (χ2n) is 9.58. The van der Waals surface area contributed by atoms with E-state index in [2.05, 4.69) is 19.1 Å². The topological polar surface area (TPSA) is 0 Å². The number of benzene rings is 2. The molecule has 0 spiro atoms. The minimum atomic E-state index is -0.283. The molecule has 2 aliphatic rings. The quantitative estimate of drug-likeness (QED) is 0.434. The molecule has 0 radical (unpaired) electrons. The van der Waals surface area contributed by atoms with Crippen LogP contribution in [0.5, 0.6) is 0 Å². The fourth-order valence-electron chi connectivity index (χ4n) is 5.91. The number of fused-ring (bicyclic) bond motifs is 1. The highest BCUT2D eigenvalue weighted by atomic mass is 19.1. The lowest BCUT2D eigenvalue weighted by Crippen LogP contribution is -2.30. The van der Waals surface area contributed by atoms with Crippen LogP contribution in [0.4, 0.5) is 8.78 Å². The zero-order valence-electron chi connectivity index (χ0n) is 18.3. The fraction of sp³-hybridized carbons (Fsp3) is 0.500. The van der Waals surface area contributed by atoms with E-state index in [4.69, 9.17) is 0 Å². The van der Waals surface area contributed by atoms with Gasteiger partial charge in [-0.2, -0.15) is 0 Å². The summed E-state index contributed by atoms with van der Waals surface area (Å²) in [5, 5.41) is 0. The van der Waals surface area contributed by atoms with Crippen LogP contribution in [-0.4, -0.2) is 0 Å². The fourth-order valence-corrected chi connectivity index (χ4v) is 5.91. The molecule has 2 heteroatoms. The molecule has 4 unspecified atom stereocenters. The average molecular weight is 409 g/mol. The Kier molecular flexibility index (Phi) is 6.71. The largest absolute Gasteiger partial charge is 0.207 e. The molecule has 4 atom stereocenters. The average Bonchev–Trinajstić information content (AvgIpc) is 2.73. The van der Waals surface area contributed by atoms with E-state index in [1.165, 1.54) is 50.7 Å². The first-order chi connectivity index (χ1) is 14.5. The molecule has 0 N–H and O–H groups in total. The zero-order valence-corrected chi connectivity index (χ0v) is 18.3. The molecule has 2 aliphatic carbocycles. The molecule has 160 valence electrons. The molecule has 2 aromatic rings. The smallest absolute Gasteiger partial charge is 0.131 e. The summed E-state index contributed by atoms with van der Waals surface area (Å²) in [5.41, 5.74) is 2.82. The van der Waals surface area contributed by atoms with Crippen molar-refractivity contribution in [1.29, 1.82) is 0 Å². The van der Waals surface area contributed by atoms with Crippen LogP contribution in [0.25, 0.3) is 11.1 Å². The van der Waals surface area contributed by atoms with Crippen molar-refractivity contribution < 1.29 is 8.78 Å². The van der Waals surface area contributed by atoms with Crippen molar-refractivity contribution in [3.63, 3.8) is 0 Å². The van der Waals surface area contributed by atoms with E-state index in [1.54, 1.807) is 6.07 Å². The molecular formula is C28H34F2. The monoisotopic (exact) mass is 408 g/mol. The summed E-state index contributed by atoms with van der Waals surface area (Å²) in [5.74, 6) is 2.30. The number of aryl methyl sites for hydroxylation is 1. The van der Waals surface area contributed by atoms with Crippen LogP contribution in [0.1, 0.15) is 75.3 Å². The normalized spacial score (nSPS) is 26.7. The van der Waals surface area contributed by atoms with Gasteiger partial charge in [-0.1, -0.05) is 42.8 Å². The maximum absolute atomic E-state index is 15.1. The molecule has 0 nitrogen and oxygen atoms in total. The second-order valence-corrected chi connectivity index (χ2v) is 9.58. The highest BCUT2D eigenvalue weighted by molar-refractivity contribution is 5.65. The molecule has 4 rings (SSSR count). The first-order valence-corrected chi connectivity index (χ1v) is 11.7. The van der Waals surface area contributed by atoms with Crippen molar-refractivity contribution in [2.45, 2.75) is 71.1 Å². The van der Waals surface area contributed by atoms with Crippen LogP contribution < -0.4 is 0 Å². The standard InChI is InChI=1S/C28H34F2/c1-3-4-5-6-20-8-9-22-17-23(11-10-21(22)16-20)26-14-12-24(18-28(26)30)25-13-7-19(2)15-27(25)29/h3-4,7,12-15,18,20-23H,5-6,8-11,16-17H2,1-2H3/b4-3+. The van der Waals surface area contributed by atoms with Crippen molar-refractivity contribution in [2.24, 2.45) is 17.8 Å². The Labute approximate surface area is 180 Å². The lowest BCUT2D eigenvalue weighted by Gasteiger charge is -2.42. The van der Waals surface area contributed by atoms with Crippen LogP contribution in [0, 0.1) is 36.3 Å². The molecular weight excluding hydrogens is 374 g/mol. The maximum atomic E-state index is 15.1. The lowest BCUT2D eigenvalue weighted by molar-refractivity contribution is 0.114. The van der Waals surface area contributed by atoms with Gasteiger partial charge in [0.1, 0.15) is 11.6 Å². The highest BCUT2D eigenvalue weighted by Gasteiger charge is 2.36. The highest BCUT2D eigenvalue weighted by Crippen LogP contribution is 2.48. The van der Waals surface area contributed by atoms with Gasteiger partial charge in [-0.25, -0.2) is 8.78 Å². The van der Waals surface area contributed by atoms with Crippen LogP contribution in [0.3, 0.4) is 0 Å². The van der Waals surface area contributed by atoms with Gasteiger partial charge in [0.15, 0.2) is 0 Å². The maximum Gasteiger partial charge on any atom is 0.131 e. The van der Waals surface area contributed by atoms with Gasteiger partial charge in [0, 0.05) is 5.56 Å². The summed E-state index contributed by atoms with van der Waals surface area (Å²) >= 11 is 0. The van der Waals surface area contributed by atoms with Crippen LogP contribution >= 0.6 is 0 Å². The predicted molar refractivity (Wildman–Crippen MR) is 121 cm³/mol. The van der Waals surface area contributed by atoms with Crippen LogP contribution in [0.2, 0.25) is 0 Å². The van der Waals surface area contributed by atoms with Crippen molar-refractivity contribution in [3.05, 3.63) is 71.3 Å². The Balaban J connectivity index is 1.42. The SMILES string of the molecule is C/C=C/CCC1CCC2CC(c3ccc(-c4ccc(C)cc4F)cc3F)CCC2C1. The van der Waals surface area contributed by atoms with Gasteiger partial charge in [-0.15, -0.1) is 0 Å². The minimum Gasteiger partial charge on any atom is -0.207 e. The second kappa shape index (κ2) is 9.45. The molecule has 30 heavy (non-hydrogen) atoms. The predicted octanol–water partition coefficient (Wildman–Crippen LogP) is 8.60.